The Hall–Kier alpha value is -1.39. The molecule has 2 rings (SSSR count). The molecule has 110 valence electrons. The average Bonchev–Trinajstić information content (AvgIpc) is 3.29. The fraction of sp³-hybridized carbons (Fsp3) is 0.562. The van der Waals surface area contributed by atoms with Crippen LogP contribution in [-0.4, -0.2) is 43.8 Å². The maximum absolute atomic E-state index is 12.4. The maximum atomic E-state index is 12.4. The van der Waals surface area contributed by atoms with Crippen LogP contribution in [0.2, 0.25) is 0 Å². The molecule has 4 nitrogen and oxygen atoms in total. The van der Waals surface area contributed by atoms with E-state index in [1.54, 1.807) is 7.11 Å². The number of benzene rings is 1. The lowest BCUT2D eigenvalue weighted by molar-refractivity contribution is -0.150. The van der Waals surface area contributed by atoms with Gasteiger partial charge in [-0.25, -0.2) is 4.79 Å². The van der Waals surface area contributed by atoms with Gasteiger partial charge in [0, 0.05) is 19.7 Å². The number of hydrogen-bond donors (Lipinski definition) is 0. The molecule has 1 saturated carbocycles. The number of methoxy groups -OCH3 is 1. The van der Waals surface area contributed by atoms with E-state index >= 15 is 0 Å². The second-order valence-corrected chi connectivity index (χ2v) is 5.03. The number of hydrogen-bond acceptors (Lipinski definition) is 4. The van der Waals surface area contributed by atoms with E-state index in [1.165, 1.54) is 0 Å². The molecule has 4 heteroatoms. The SMILES string of the molecule is CCOC(=O)C(c1ccccc1)N(CCOC)C1CC1. The van der Waals surface area contributed by atoms with Crippen molar-refractivity contribution >= 4 is 5.97 Å². The molecule has 0 bridgehead atoms. The van der Waals surface area contributed by atoms with E-state index in [0.717, 1.165) is 24.9 Å². The van der Waals surface area contributed by atoms with Gasteiger partial charge in [-0.2, -0.15) is 0 Å². The summed E-state index contributed by atoms with van der Waals surface area (Å²) in [6.07, 6.45) is 2.29. The molecular weight excluding hydrogens is 254 g/mol. The van der Waals surface area contributed by atoms with Crippen molar-refractivity contribution in [3.05, 3.63) is 35.9 Å². The Morgan fingerprint density at radius 2 is 2.05 bits per heavy atom. The van der Waals surface area contributed by atoms with E-state index < -0.39 is 0 Å². The van der Waals surface area contributed by atoms with Gasteiger partial charge in [0.2, 0.25) is 0 Å². The first-order chi connectivity index (χ1) is 9.77. The first-order valence-electron chi connectivity index (χ1n) is 7.24. The number of carbonyl (C=O) groups excluding carboxylic acids is 1. The third-order valence-corrected chi connectivity index (χ3v) is 3.53. The number of carbonyl (C=O) groups is 1. The lowest BCUT2D eigenvalue weighted by atomic mass is 10.1. The average molecular weight is 277 g/mol. The zero-order valence-corrected chi connectivity index (χ0v) is 12.2. The Morgan fingerprint density at radius 1 is 1.35 bits per heavy atom. The summed E-state index contributed by atoms with van der Waals surface area (Å²) < 4.78 is 10.5. The molecule has 0 saturated heterocycles. The quantitative estimate of drug-likeness (QED) is 0.684. The highest BCUT2D eigenvalue weighted by atomic mass is 16.5. The molecule has 0 aromatic heterocycles. The largest absolute Gasteiger partial charge is 0.465 e. The van der Waals surface area contributed by atoms with Crippen molar-refractivity contribution in [2.45, 2.75) is 31.8 Å². The molecule has 1 fully saturated rings. The van der Waals surface area contributed by atoms with Gasteiger partial charge in [-0.3, -0.25) is 4.90 Å². The van der Waals surface area contributed by atoms with Crippen LogP contribution in [0.3, 0.4) is 0 Å². The summed E-state index contributed by atoms with van der Waals surface area (Å²) in [5.41, 5.74) is 0.994. The molecule has 0 spiro atoms. The molecule has 1 aliphatic carbocycles. The van der Waals surface area contributed by atoms with Gasteiger partial charge >= 0.3 is 5.97 Å². The van der Waals surface area contributed by atoms with Crippen molar-refractivity contribution in [1.82, 2.24) is 4.90 Å². The summed E-state index contributed by atoms with van der Waals surface area (Å²) in [6.45, 7) is 3.63. The van der Waals surface area contributed by atoms with Gasteiger partial charge in [0.15, 0.2) is 0 Å². The smallest absolute Gasteiger partial charge is 0.328 e. The maximum Gasteiger partial charge on any atom is 0.328 e. The van der Waals surface area contributed by atoms with Crippen LogP contribution in [-0.2, 0) is 14.3 Å². The van der Waals surface area contributed by atoms with Crippen molar-refractivity contribution in [2.24, 2.45) is 0 Å². The molecule has 1 atom stereocenters. The molecule has 0 heterocycles. The Bertz CT molecular complexity index is 417. The minimum absolute atomic E-state index is 0.165. The minimum atomic E-state index is -0.321. The molecule has 0 aliphatic heterocycles. The zero-order valence-electron chi connectivity index (χ0n) is 12.2. The Balaban J connectivity index is 2.21. The van der Waals surface area contributed by atoms with Crippen molar-refractivity contribution in [3.63, 3.8) is 0 Å². The Kier molecular flexibility index (Phi) is 5.56. The van der Waals surface area contributed by atoms with Crippen LogP contribution in [0.25, 0.3) is 0 Å². The number of rotatable bonds is 8. The van der Waals surface area contributed by atoms with E-state index in [1.807, 2.05) is 37.3 Å². The first kappa shape index (κ1) is 15.0. The molecule has 1 aromatic carbocycles. The van der Waals surface area contributed by atoms with Crippen LogP contribution >= 0.6 is 0 Å². The minimum Gasteiger partial charge on any atom is -0.465 e. The van der Waals surface area contributed by atoms with Gasteiger partial charge in [-0.05, 0) is 25.3 Å². The normalized spacial score (nSPS) is 16.1. The van der Waals surface area contributed by atoms with Crippen LogP contribution in [0.1, 0.15) is 31.4 Å². The lowest BCUT2D eigenvalue weighted by Gasteiger charge is -2.30. The van der Waals surface area contributed by atoms with E-state index in [2.05, 4.69) is 4.90 Å². The third kappa shape index (κ3) is 3.81. The van der Waals surface area contributed by atoms with Crippen molar-refractivity contribution in [1.29, 1.82) is 0 Å². The van der Waals surface area contributed by atoms with Crippen molar-refractivity contribution < 1.29 is 14.3 Å². The van der Waals surface area contributed by atoms with Gasteiger partial charge in [-0.15, -0.1) is 0 Å². The third-order valence-electron chi connectivity index (χ3n) is 3.53. The fourth-order valence-corrected chi connectivity index (χ4v) is 2.44. The van der Waals surface area contributed by atoms with Gasteiger partial charge in [-0.1, -0.05) is 30.3 Å². The number of nitrogens with zero attached hydrogens (tertiary/aromatic N) is 1. The summed E-state index contributed by atoms with van der Waals surface area (Å²) in [5, 5.41) is 0. The highest BCUT2D eigenvalue weighted by molar-refractivity contribution is 5.77. The highest BCUT2D eigenvalue weighted by Gasteiger charge is 2.38. The summed E-state index contributed by atoms with van der Waals surface area (Å²) in [4.78, 5) is 14.6. The number of ether oxygens (including phenoxy) is 2. The predicted molar refractivity (Wildman–Crippen MR) is 77.4 cm³/mol. The van der Waals surface area contributed by atoms with E-state index in [4.69, 9.17) is 9.47 Å². The first-order valence-corrected chi connectivity index (χ1v) is 7.24. The van der Waals surface area contributed by atoms with E-state index in [9.17, 15) is 4.79 Å². The van der Waals surface area contributed by atoms with Crippen LogP contribution in [0, 0.1) is 0 Å². The second-order valence-electron chi connectivity index (χ2n) is 5.03. The molecule has 1 aliphatic rings. The zero-order chi connectivity index (χ0) is 14.4. The molecular formula is C16H23NO3. The molecule has 20 heavy (non-hydrogen) atoms. The second kappa shape index (κ2) is 7.41. The van der Waals surface area contributed by atoms with Gasteiger partial charge in [0.1, 0.15) is 6.04 Å². The van der Waals surface area contributed by atoms with Gasteiger partial charge < -0.3 is 9.47 Å². The predicted octanol–water partition coefficient (Wildman–Crippen LogP) is 2.40. The topological polar surface area (TPSA) is 38.8 Å². The summed E-state index contributed by atoms with van der Waals surface area (Å²) in [7, 11) is 1.69. The van der Waals surface area contributed by atoms with E-state index in [-0.39, 0.29) is 12.0 Å². The fourth-order valence-electron chi connectivity index (χ4n) is 2.44. The number of esters is 1. The van der Waals surface area contributed by atoms with Crippen LogP contribution in [0.15, 0.2) is 30.3 Å². The molecule has 0 N–H and O–H groups in total. The van der Waals surface area contributed by atoms with Crippen LogP contribution in [0.5, 0.6) is 0 Å². The summed E-state index contributed by atoms with van der Waals surface area (Å²) >= 11 is 0. The van der Waals surface area contributed by atoms with E-state index in [0.29, 0.717) is 19.3 Å². The molecule has 0 radical (unpaired) electrons. The molecule has 0 amide bonds. The van der Waals surface area contributed by atoms with Crippen molar-refractivity contribution in [2.75, 3.05) is 26.9 Å². The monoisotopic (exact) mass is 277 g/mol. The van der Waals surface area contributed by atoms with Gasteiger partial charge in [0.05, 0.1) is 13.2 Å². The van der Waals surface area contributed by atoms with Gasteiger partial charge in [0.25, 0.3) is 0 Å². The Morgan fingerprint density at radius 3 is 2.60 bits per heavy atom. The summed E-state index contributed by atoms with van der Waals surface area (Å²) in [6, 6.07) is 10.0. The molecule has 1 aromatic rings. The summed E-state index contributed by atoms with van der Waals surface area (Å²) in [5.74, 6) is -0.165. The lowest BCUT2D eigenvalue weighted by Crippen LogP contribution is -2.39. The standard InChI is InChI=1S/C16H23NO3/c1-3-20-16(18)15(13-7-5-4-6-8-13)17(11-12-19-2)14-9-10-14/h4-8,14-15H,3,9-12H2,1-2H3. The highest BCUT2D eigenvalue weighted by Crippen LogP contribution is 2.34. The van der Waals surface area contributed by atoms with Crippen molar-refractivity contribution in [3.8, 4) is 0 Å². The van der Waals surface area contributed by atoms with Crippen LogP contribution in [0.4, 0.5) is 0 Å². The molecule has 1 unspecified atom stereocenters. The Labute approximate surface area is 120 Å². The van der Waals surface area contributed by atoms with Crippen LogP contribution < -0.4 is 0 Å².